The number of hydrogen-bond donors (Lipinski definition) is 1. The first-order valence-electron chi connectivity index (χ1n) is 10.3. The Morgan fingerprint density at radius 2 is 2.00 bits per heavy atom. The number of aromatic nitrogens is 3. The normalized spacial score (nSPS) is 21.6. The maximum Gasteiger partial charge on any atom is 0.250 e. The number of phenols is 1. The summed E-state index contributed by atoms with van der Waals surface area (Å²) < 4.78 is 27.7. The van der Waals surface area contributed by atoms with Gasteiger partial charge in [-0.05, 0) is 61.4 Å². The van der Waals surface area contributed by atoms with E-state index in [1.807, 2.05) is 43.1 Å². The molecule has 1 aliphatic rings. The van der Waals surface area contributed by atoms with Crippen LogP contribution in [0.2, 0.25) is 0 Å². The Kier molecular flexibility index (Phi) is 5.30. The van der Waals surface area contributed by atoms with Crippen LogP contribution in [0.4, 0.5) is 14.6 Å². The summed E-state index contributed by atoms with van der Waals surface area (Å²) in [5.41, 5.74) is 1.17. The van der Waals surface area contributed by atoms with E-state index in [9.17, 15) is 13.9 Å². The summed E-state index contributed by atoms with van der Waals surface area (Å²) in [5, 5.41) is 20.8. The highest BCUT2D eigenvalue weighted by atomic mass is 19.3. The van der Waals surface area contributed by atoms with Gasteiger partial charge in [-0.25, -0.2) is 8.78 Å². The van der Waals surface area contributed by atoms with Crippen molar-refractivity contribution in [2.45, 2.75) is 45.1 Å². The molecule has 5 nitrogen and oxygen atoms in total. The van der Waals surface area contributed by atoms with Crippen molar-refractivity contribution >= 4 is 16.6 Å². The highest BCUT2D eigenvalue weighted by Gasteiger charge is 2.46. The average molecular weight is 412 g/mol. The van der Waals surface area contributed by atoms with E-state index < -0.39 is 11.8 Å². The first-order valence-corrected chi connectivity index (χ1v) is 10.3. The standard InChI is InChI=1S/C23H26F2N4O/c1-14-8-16(12-23(14,24)25)9-15(2)29(3)22-5-4-20(27-28-22)19-10-17-6-7-26-13-18(17)11-21(19)30/h4-7,10-11,13-16,30H,8-9,12H2,1-3H3/t14-,15-,16-/m0/s1. The molecule has 0 spiro atoms. The summed E-state index contributed by atoms with van der Waals surface area (Å²) in [6, 6.07) is 9.14. The third-order valence-electron chi connectivity index (χ3n) is 6.35. The Balaban J connectivity index is 1.49. The number of pyridine rings is 1. The van der Waals surface area contributed by atoms with E-state index in [4.69, 9.17) is 0 Å². The minimum absolute atomic E-state index is 0.0173. The van der Waals surface area contributed by atoms with Crippen LogP contribution in [0.3, 0.4) is 0 Å². The summed E-state index contributed by atoms with van der Waals surface area (Å²) in [4.78, 5) is 6.04. The second kappa shape index (κ2) is 7.78. The van der Waals surface area contributed by atoms with Gasteiger partial charge in [0.2, 0.25) is 0 Å². The van der Waals surface area contributed by atoms with E-state index >= 15 is 0 Å². The smallest absolute Gasteiger partial charge is 0.250 e. The SMILES string of the molecule is C[C@@H](C[C@@H]1C[C@H](C)C(F)(F)C1)N(C)c1ccc(-c2cc3ccncc3cc2O)nn1. The molecule has 30 heavy (non-hydrogen) atoms. The molecule has 0 amide bonds. The Morgan fingerprint density at radius 3 is 2.67 bits per heavy atom. The number of fused-ring (bicyclic) bond motifs is 1. The van der Waals surface area contributed by atoms with Crippen molar-refractivity contribution in [3.05, 3.63) is 42.7 Å². The maximum atomic E-state index is 13.8. The monoisotopic (exact) mass is 412 g/mol. The fraction of sp³-hybridized carbons (Fsp3) is 0.435. The molecule has 158 valence electrons. The van der Waals surface area contributed by atoms with Crippen molar-refractivity contribution in [1.82, 2.24) is 15.2 Å². The first-order chi connectivity index (χ1) is 14.2. The molecule has 4 rings (SSSR count). The summed E-state index contributed by atoms with van der Waals surface area (Å²) >= 11 is 0. The molecule has 0 aliphatic heterocycles. The molecule has 1 aromatic carbocycles. The molecule has 0 unspecified atom stereocenters. The van der Waals surface area contributed by atoms with E-state index in [0.29, 0.717) is 29.9 Å². The lowest BCUT2D eigenvalue weighted by atomic mass is 9.97. The summed E-state index contributed by atoms with van der Waals surface area (Å²) in [7, 11) is 1.91. The van der Waals surface area contributed by atoms with Crippen LogP contribution in [-0.4, -0.2) is 39.3 Å². The summed E-state index contributed by atoms with van der Waals surface area (Å²) in [6.07, 6.45) is 4.62. The number of rotatable bonds is 5. The van der Waals surface area contributed by atoms with Crippen LogP contribution in [0.5, 0.6) is 5.75 Å². The van der Waals surface area contributed by atoms with Crippen LogP contribution in [0.1, 0.15) is 33.1 Å². The first kappa shape index (κ1) is 20.4. The highest BCUT2D eigenvalue weighted by Crippen LogP contribution is 2.45. The second-order valence-corrected chi connectivity index (χ2v) is 8.53. The third-order valence-corrected chi connectivity index (χ3v) is 6.35. The largest absolute Gasteiger partial charge is 0.507 e. The van der Waals surface area contributed by atoms with E-state index in [1.54, 1.807) is 25.4 Å². The number of aromatic hydroxyl groups is 1. The molecule has 1 N–H and O–H groups in total. The minimum Gasteiger partial charge on any atom is -0.507 e. The molecule has 3 aromatic rings. The quantitative estimate of drug-likeness (QED) is 0.617. The highest BCUT2D eigenvalue weighted by molar-refractivity contribution is 5.89. The van der Waals surface area contributed by atoms with Gasteiger partial charge in [-0.2, -0.15) is 0 Å². The number of halogens is 2. The van der Waals surface area contributed by atoms with Crippen LogP contribution >= 0.6 is 0 Å². The third kappa shape index (κ3) is 3.93. The molecule has 2 heterocycles. The van der Waals surface area contributed by atoms with Gasteiger partial charge in [0.1, 0.15) is 5.75 Å². The Labute approximate surface area is 174 Å². The average Bonchev–Trinajstić information content (AvgIpc) is 2.98. The molecule has 0 radical (unpaired) electrons. The fourth-order valence-electron chi connectivity index (χ4n) is 4.37. The summed E-state index contributed by atoms with van der Waals surface area (Å²) in [5.74, 6) is -2.29. The van der Waals surface area contributed by atoms with Crippen LogP contribution in [-0.2, 0) is 0 Å². The van der Waals surface area contributed by atoms with Crippen LogP contribution in [0, 0.1) is 11.8 Å². The molecule has 1 fully saturated rings. The zero-order valence-corrected chi connectivity index (χ0v) is 17.4. The number of nitrogens with zero attached hydrogens (tertiary/aromatic N) is 4. The van der Waals surface area contributed by atoms with Gasteiger partial charge >= 0.3 is 0 Å². The molecular formula is C23H26F2N4O. The van der Waals surface area contributed by atoms with Gasteiger partial charge < -0.3 is 10.0 Å². The zero-order chi connectivity index (χ0) is 21.5. The molecule has 2 aromatic heterocycles. The van der Waals surface area contributed by atoms with Crippen LogP contribution in [0.15, 0.2) is 42.7 Å². The van der Waals surface area contributed by atoms with Crippen molar-refractivity contribution in [1.29, 1.82) is 0 Å². The molecule has 1 saturated carbocycles. The number of hydrogen-bond acceptors (Lipinski definition) is 5. The molecule has 0 bridgehead atoms. The Bertz CT molecular complexity index is 1040. The molecule has 7 heteroatoms. The molecular weight excluding hydrogens is 386 g/mol. The van der Waals surface area contributed by atoms with Crippen LogP contribution < -0.4 is 4.90 Å². The van der Waals surface area contributed by atoms with Crippen molar-refractivity contribution in [3.63, 3.8) is 0 Å². The molecule has 1 aliphatic carbocycles. The van der Waals surface area contributed by atoms with E-state index in [2.05, 4.69) is 15.2 Å². The zero-order valence-electron chi connectivity index (χ0n) is 17.4. The predicted octanol–water partition coefficient (Wildman–Crippen LogP) is 5.29. The van der Waals surface area contributed by atoms with Gasteiger partial charge in [-0.3, -0.25) is 4.98 Å². The van der Waals surface area contributed by atoms with E-state index in [-0.39, 0.29) is 24.1 Å². The fourth-order valence-corrected chi connectivity index (χ4v) is 4.37. The topological polar surface area (TPSA) is 62.1 Å². The lowest BCUT2D eigenvalue weighted by molar-refractivity contribution is -0.0324. The van der Waals surface area contributed by atoms with Gasteiger partial charge in [0.25, 0.3) is 5.92 Å². The van der Waals surface area contributed by atoms with Gasteiger partial charge in [0, 0.05) is 48.8 Å². The van der Waals surface area contributed by atoms with Crippen molar-refractivity contribution in [2.24, 2.45) is 11.8 Å². The van der Waals surface area contributed by atoms with Crippen molar-refractivity contribution in [3.8, 4) is 17.0 Å². The number of phenolic OH excluding ortho intramolecular Hbond substituents is 1. The number of benzene rings is 1. The lowest BCUT2D eigenvalue weighted by Crippen LogP contribution is -2.31. The summed E-state index contributed by atoms with van der Waals surface area (Å²) in [6.45, 7) is 3.66. The van der Waals surface area contributed by atoms with Crippen molar-refractivity contribution in [2.75, 3.05) is 11.9 Å². The van der Waals surface area contributed by atoms with Crippen LogP contribution in [0.25, 0.3) is 22.0 Å². The Hall–Kier alpha value is -2.83. The second-order valence-electron chi connectivity index (χ2n) is 8.53. The molecule has 0 saturated heterocycles. The van der Waals surface area contributed by atoms with E-state index in [1.165, 1.54) is 0 Å². The lowest BCUT2D eigenvalue weighted by Gasteiger charge is -2.27. The number of alkyl halides is 2. The van der Waals surface area contributed by atoms with Gasteiger partial charge in [0.15, 0.2) is 5.82 Å². The van der Waals surface area contributed by atoms with Gasteiger partial charge in [-0.15, -0.1) is 10.2 Å². The van der Waals surface area contributed by atoms with Gasteiger partial charge in [-0.1, -0.05) is 6.92 Å². The van der Waals surface area contributed by atoms with Crippen molar-refractivity contribution < 1.29 is 13.9 Å². The predicted molar refractivity (Wildman–Crippen MR) is 114 cm³/mol. The maximum absolute atomic E-state index is 13.8. The number of anilines is 1. The minimum atomic E-state index is -2.55. The van der Waals surface area contributed by atoms with Gasteiger partial charge in [0.05, 0.1) is 5.69 Å². The van der Waals surface area contributed by atoms with E-state index in [0.717, 1.165) is 10.8 Å². The Morgan fingerprint density at radius 1 is 1.20 bits per heavy atom. The molecule has 3 atom stereocenters.